The number of hydrogen-bond donors (Lipinski definition) is 1. The highest BCUT2D eigenvalue weighted by Gasteiger charge is 2.29. The third kappa shape index (κ3) is 4.19. The van der Waals surface area contributed by atoms with E-state index in [1.807, 2.05) is 0 Å². The topological polar surface area (TPSA) is 35.6 Å². The Kier molecular flexibility index (Phi) is 5.85. The van der Waals surface area contributed by atoms with Gasteiger partial charge < -0.3 is 10.2 Å². The molecule has 2 aliphatic heterocycles. The van der Waals surface area contributed by atoms with Crippen molar-refractivity contribution in [1.82, 2.24) is 15.1 Å². The molecule has 2 fully saturated rings. The van der Waals surface area contributed by atoms with Crippen LogP contribution >= 0.6 is 0 Å². The standard InChI is InChI=1S/C16H31N3O/c1-13-5-4-6-14(2)19(13)16(20)12-18(3)11-15-7-9-17-10-8-15/h13-15,17H,4-12H2,1-3H3. The second kappa shape index (κ2) is 7.41. The van der Waals surface area contributed by atoms with Crippen LogP contribution in [0.1, 0.15) is 46.0 Å². The molecule has 1 amide bonds. The molecular weight excluding hydrogens is 250 g/mol. The number of hydrogen-bond acceptors (Lipinski definition) is 3. The van der Waals surface area contributed by atoms with Crippen molar-refractivity contribution in [2.24, 2.45) is 5.92 Å². The van der Waals surface area contributed by atoms with Gasteiger partial charge in [-0.05, 0) is 72.0 Å². The van der Waals surface area contributed by atoms with E-state index in [0.717, 1.165) is 38.4 Å². The van der Waals surface area contributed by atoms with Gasteiger partial charge >= 0.3 is 0 Å². The Bertz CT molecular complexity index is 305. The minimum absolute atomic E-state index is 0.320. The molecule has 0 radical (unpaired) electrons. The summed E-state index contributed by atoms with van der Waals surface area (Å²) in [6.45, 7) is 8.29. The van der Waals surface area contributed by atoms with E-state index in [-0.39, 0.29) is 0 Å². The maximum absolute atomic E-state index is 12.5. The summed E-state index contributed by atoms with van der Waals surface area (Å²) in [4.78, 5) is 16.9. The Balaban J connectivity index is 1.80. The van der Waals surface area contributed by atoms with E-state index in [1.54, 1.807) is 0 Å². The van der Waals surface area contributed by atoms with Crippen molar-refractivity contribution in [2.45, 2.75) is 58.0 Å². The van der Waals surface area contributed by atoms with Crippen molar-refractivity contribution in [3.63, 3.8) is 0 Å². The zero-order valence-corrected chi connectivity index (χ0v) is 13.4. The molecule has 0 aromatic rings. The predicted molar refractivity (Wildman–Crippen MR) is 82.7 cm³/mol. The summed E-state index contributed by atoms with van der Waals surface area (Å²) in [6, 6.07) is 0.831. The van der Waals surface area contributed by atoms with Gasteiger partial charge in [0.2, 0.25) is 5.91 Å². The van der Waals surface area contributed by atoms with Crippen LogP contribution in [0, 0.1) is 5.92 Å². The first-order valence-electron chi connectivity index (χ1n) is 8.28. The Morgan fingerprint density at radius 3 is 2.35 bits per heavy atom. The van der Waals surface area contributed by atoms with Gasteiger partial charge in [0.15, 0.2) is 0 Å². The molecule has 20 heavy (non-hydrogen) atoms. The summed E-state index contributed by atoms with van der Waals surface area (Å²) >= 11 is 0. The van der Waals surface area contributed by atoms with Gasteiger partial charge in [0.05, 0.1) is 6.54 Å². The zero-order chi connectivity index (χ0) is 14.5. The first kappa shape index (κ1) is 15.8. The van der Waals surface area contributed by atoms with Crippen molar-refractivity contribution in [2.75, 3.05) is 33.2 Å². The van der Waals surface area contributed by atoms with Crippen molar-refractivity contribution in [1.29, 1.82) is 0 Å². The summed E-state index contributed by atoms with van der Waals surface area (Å²) in [6.07, 6.45) is 6.07. The number of nitrogens with zero attached hydrogens (tertiary/aromatic N) is 2. The number of carbonyl (C=O) groups is 1. The van der Waals surface area contributed by atoms with E-state index in [4.69, 9.17) is 0 Å². The van der Waals surface area contributed by atoms with E-state index in [2.05, 4.69) is 36.0 Å². The van der Waals surface area contributed by atoms with Gasteiger partial charge in [-0.2, -0.15) is 0 Å². The molecule has 0 spiro atoms. The lowest BCUT2D eigenvalue weighted by atomic mass is 9.96. The number of likely N-dealkylation sites (N-methyl/N-ethyl adjacent to an activating group) is 1. The lowest BCUT2D eigenvalue weighted by Gasteiger charge is -2.40. The number of nitrogens with one attached hydrogen (secondary N) is 1. The maximum Gasteiger partial charge on any atom is 0.237 e. The van der Waals surface area contributed by atoms with Crippen LogP contribution in [-0.2, 0) is 4.79 Å². The Labute approximate surface area is 123 Å². The van der Waals surface area contributed by atoms with E-state index < -0.39 is 0 Å². The third-order valence-electron chi connectivity index (χ3n) is 4.92. The molecule has 116 valence electrons. The molecule has 2 unspecified atom stereocenters. The molecule has 0 saturated carbocycles. The van der Waals surface area contributed by atoms with Crippen molar-refractivity contribution >= 4 is 5.91 Å². The Morgan fingerprint density at radius 1 is 1.15 bits per heavy atom. The van der Waals surface area contributed by atoms with Gasteiger partial charge in [-0.1, -0.05) is 0 Å². The Morgan fingerprint density at radius 2 is 1.75 bits per heavy atom. The van der Waals surface area contributed by atoms with E-state index in [0.29, 0.717) is 24.5 Å². The van der Waals surface area contributed by atoms with Gasteiger partial charge in [-0.25, -0.2) is 0 Å². The molecule has 0 bridgehead atoms. The fourth-order valence-corrected chi connectivity index (χ4v) is 3.80. The monoisotopic (exact) mass is 281 g/mol. The van der Waals surface area contributed by atoms with Gasteiger partial charge in [0.25, 0.3) is 0 Å². The SMILES string of the molecule is CC1CCCC(C)N1C(=O)CN(C)CC1CCNCC1. The smallest absolute Gasteiger partial charge is 0.237 e. The van der Waals surface area contributed by atoms with Crippen LogP contribution < -0.4 is 5.32 Å². The predicted octanol–water partition coefficient (Wildman–Crippen LogP) is 1.71. The zero-order valence-electron chi connectivity index (χ0n) is 13.4. The normalized spacial score (nSPS) is 28.9. The van der Waals surface area contributed by atoms with Crippen LogP contribution in [0.3, 0.4) is 0 Å². The number of piperidine rings is 2. The lowest BCUT2D eigenvalue weighted by molar-refractivity contribution is -0.138. The average Bonchev–Trinajstić information content (AvgIpc) is 2.39. The molecule has 4 heteroatoms. The third-order valence-corrected chi connectivity index (χ3v) is 4.92. The summed E-state index contributed by atoms with van der Waals surface area (Å²) in [5.41, 5.74) is 0. The second-order valence-electron chi connectivity index (χ2n) is 6.82. The minimum atomic E-state index is 0.320. The summed E-state index contributed by atoms with van der Waals surface area (Å²) < 4.78 is 0. The molecule has 4 nitrogen and oxygen atoms in total. The average molecular weight is 281 g/mol. The van der Waals surface area contributed by atoms with Crippen LogP contribution in [0.25, 0.3) is 0 Å². The van der Waals surface area contributed by atoms with Gasteiger partial charge in [0.1, 0.15) is 0 Å². The van der Waals surface area contributed by atoms with Crippen LogP contribution in [-0.4, -0.2) is 61.0 Å². The molecule has 2 heterocycles. The summed E-state index contributed by atoms with van der Waals surface area (Å²) in [5.74, 6) is 1.08. The molecule has 0 aromatic heterocycles. The quantitative estimate of drug-likeness (QED) is 0.852. The number of rotatable bonds is 4. The summed E-state index contributed by atoms with van der Waals surface area (Å²) in [7, 11) is 2.10. The number of amides is 1. The highest BCUT2D eigenvalue weighted by atomic mass is 16.2. The first-order valence-corrected chi connectivity index (χ1v) is 8.28. The molecule has 2 saturated heterocycles. The molecule has 2 rings (SSSR count). The van der Waals surface area contributed by atoms with E-state index in [1.165, 1.54) is 19.3 Å². The largest absolute Gasteiger partial charge is 0.336 e. The molecular formula is C16H31N3O. The Hall–Kier alpha value is -0.610. The molecule has 2 aliphatic rings. The minimum Gasteiger partial charge on any atom is -0.336 e. The van der Waals surface area contributed by atoms with Crippen molar-refractivity contribution in [3.8, 4) is 0 Å². The van der Waals surface area contributed by atoms with Gasteiger partial charge in [-0.15, -0.1) is 0 Å². The molecule has 0 aromatic carbocycles. The first-order chi connectivity index (χ1) is 9.58. The second-order valence-corrected chi connectivity index (χ2v) is 6.82. The molecule has 0 aliphatic carbocycles. The molecule has 1 N–H and O–H groups in total. The van der Waals surface area contributed by atoms with E-state index >= 15 is 0 Å². The maximum atomic E-state index is 12.5. The van der Waals surface area contributed by atoms with Crippen molar-refractivity contribution < 1.29 is 4.79 Å². The summed E-state index contributed by atoms with van der Waals surface area (Å²) in [5, 5.41) is 3.40. The number of carbonyl (C=O) groups excluding carboxylic acids is 1. The van der Waals surface area contributed by atoms with Crippen LogP contribution in [0.4, 0.5) is 0 Å². The fraction of sp³-hybridized carbons (Fsp3) is 0.938. The molecule has 2 atom stereocenters. The number of likely N-dealkylation sites (tertiary alicyclic amines) is 1. The van der Waals surface area contributed by atoms with Crippen LogP contribution in [0.15, 0.2) is 0 Å². The van der Waals surface area contributed by atoms with Gasteiger partial charge in [-0.3, -0.25) is 9.69 Å². The van der Waals surface area contributed by atoms with Crippen LogP contribution in [0.5, 0.6) is 0 Å². The van der Waals surface area contributed by atoms with Crippen molar-refractivity contribution in [3.05, 3.63) is 0 Å². The fourth-order valence-electron chi connectivity index (χ4n) is 3.80. The van der Waals surface area contributed by atoms with Gasteiger partial charge in [0, 0.05) is 18.6 Å². The highest BCUT2D eigenvalue weighted by Crippen LogP contribution is 2.22. The van der Waals surface area contributed by atoms with E-state index in [9.17, 15) is 4.79 Å². The lowest BCUT2D eigenvalue weighted by Crippen LogP contribution is -2.51. The highest BCUT2D eigenvalue weighted by molar-refractivity contribution is 5.79. The van der Waals surface area contributed by atoms with Crippen LogP contribution in [0.2, 0.25) is 0 Å².